The van der Waals surface area contributed by atoms with Gasteiger partial charge in [0.05, 0.1) is 0 Å². The van der Waals surface area contributed by atoms with Gasteiger partial charge in [0.1, 0.15) is 5.60 Å². The zero-order valence-corrected chi connectivity index (χ0v) is 12.8. The maximum Gasteiger partial charge on any atom is 0.410 e. The first-order valence-corrected chi connectivity index (χ1v) is 7.10. The van der Waals surface area contributed by atoms with E-state index < -0.39 is 17.2 Å². The molecule has 0 aliphatic carbocycles. The summed E-state index contributed by atoms with van der Waals surface area (Å²) in [5, 5.41) is 0. The molecule has 0 aromatic heterocycles. The van der Waals surface area contributed by atoms with Crippen molar-refractivity contribution in [2.45, 2.75) is 39.2 Å². The second-order valence-electron chi connectivity index (χ2n) is 6.64. The quantitative estimate of drug-likeness (QED) is 0.786. The van der Waals surface area contributed by atoms with Crippen LogP contribution in [0.2, 0.25) is 0 Å². The van der Waals surface area contributed by atoms with Crippen molar-refractivity contribution in [2.24, 2.45) is 5.92 Å². The Morgan fingerprint density at radius 2 is 1.90 bits per heavy atom. The molecule has 1 saturated heterocycles. The molecular weight excluding hydrogens is 276 g/mol. The van der Waals surface area contributed by atoms with Gasteiger partial charge < -0.3 is 9.64 Å². The Hall–Kier alpha value is -1.65. The number of nitrogens with zero attached hydrogens (tertiary/aromatic N) is 1. The van der Waals surface area contributed by atoms with Gasteiger partial charge in [-0.2, -0.15) is 0 Å². The molecule has 21 heavy (non-hydrogen) atoms. The molecule has 1 heterocycles. The number of halogens is 2. The fourth-order valence-electron chi connectivity index (χ4n) is 2.62. The van der Waals surface area contributed by atoms with Crippen LogP contribution in [0, 0.1) is 17.6 Å². The molecule has 1 aliphatic heterocycles. The number of hydrogen-bond donors (Lipinski definition) is 0. The van der Waals surface area contributed by atoms with Gasteiger partial charge in [-0.05, 0) is 44.4 Å². The molecule has 0 unspecified atom stereocenters. The molecule has 1 aromatic carbocycles. The Balaban J connectivity index is 2.10. The van der Waals surface area contributed by atoms with Gasteiger partial charge in [0.25, 0.3) is 0 Å². The molecule has 3 nitrogen and oxygen atoms in total. The third-order valence-corrected chi connectivity index (χ3v) is 3.64. The smallest absolute Gasteiger partial charge is 0.410 e. The average Bonchev–Trinajstić information content (AvgIpc) is 2.73. The molecule has 5 heteroatoms. The van der Waals surface area contributed by atoms with Crippen LogP contribution in [0.3, 0.4) is 0 Å². The third kappa shape index (κ3) is 3.71. The van der Waals surface area contributed by atoms with Crippen molar-refractivity contribution in [1.82, 2.24) is 4.90 Å². The number of hydrogen-bond acceptors (Lipinski definition) is 2. The first kappa shape index (κ1) is 15.7. The lowest BCUT2D eigenvalue weighted by Crippen LogP contribution is -2.35. The lowest BCUT2D eigenvalue weighted by atomic mass is 9.90. The zero-order valence-electron chi connectivity index (χ0n) is 12.8. The Morgan fingerprint density at radius 3 is 2.48 bits per heavy atom. The van der Waals surface area contributed by atoms with Crippen LogP contribution in [-0.2, 0) is 4.74 Å². The van der Waals surface area contributed by atoms with Crippen LogP contribution in [-0.4, -0.2) is 29.7 Å². The minimum Gasteiger partial charge on any atom is -0.444 e. The molecule has 0 bridgehead atoms. The highest BCUT2D eigenvalue weighted by Gasteiger charge is 2.35. The molecule has 1 fully saturated rings. The molecule has 116 valence electrons. The van der Waals surface area contributed by atoms with E-state index in [9.17, 15) is 13.6 Å². The van der Waals surface area contributed by atoms with Gasteiger partial charge in [-0.25, -0.2) is 13.6 Å². The van der Waals surface area contributed by atoms with Crippen molar-refractivity contribution in [3.63, 3.8) is 0 Å². The van der Waals surface area contributed by atoms with E-state index in [2.05, 4.69) is 0 Å². The number of rotatable bonds is 1. The summed E-state index contributed by atoms with van der Waals surface area (Å²) in [5.41, 5.74) is 0.174. The number of ether oxygens (including phenoxy) is 1. The fraction of sp³-hybridized carbons (Fsp3) is 0.562. The number of carbonyl (C=O) groups is 1. The maximum absolute atomic E-state index is 13.4. The van der Waals surface area contributed by atoms with Gasteiger partial charge in [0.15, 0.2) is 11.6 Å². The summed E-state index contributed by atoms with van der Waals surface area (Å²) in [6.45, 7) is 8.46. The summed E-state index contributed by atoms with van der Waals surface area (Å²) < 4.78 is 31.7. The highest BCUT2D eigenvalue weighted by molar-refractivity contribution is 5.68. The Labute approximate surface area is 123 Å². The van der Waals surface area contributed by atoms with E-state index in [0.29, 0.717) is 18.7 Å². The lowest BCUT2D eigenvalue weighted by Gasteiger charge is -2.24. The van der Waals surface area contributed by atoms with Crippen LogP contribution >= 0.6 is 0 Å². The Morgan fingerprint density at radius 1 is 1.24 bits per heavy atom. The predicted octanol–water partition coefficient (Wildman–Crippen LogP) is 3.94. The molecule has 0 N–H and O–H groups in total. The molecule has 1 aliphatic rings. The Bertz CT molecular complexity index is 540. The molecule has 1 aromatic rings. The molecule has 0 radical (unpaired) electrons. The van der Waals surface area contributed by atoms with Crippen LogP contribution in [0.1, 0.15) is 39.2 Å². The van der Waals surface area contributed by atoms with Crippen LogP contribution in [0.5, 0.6) is 0 Å². The van der Waals surface area contributed by atoms with Gasteiger partial charge in [-0.3, -0.25) is 0 Å². The van der Waals surface area contributed by atoms with Crippen molar-refractivity contribution < 1.29 is 18.3 Å². The van der Waals surface area contributed by atoms with Crippen molar-refractivity contribution >= 4 is 6.09 Å². The van der Waals surface area contributed by atoms with E-state index in [4.69, 9.17) is 4.74 Å². The second kappa shape index (κ2) is 5.62. The van der Waals surface area contributed by atoms with E-state index >= 15 is 0 Å². The predicted molar refractivity (Wildman–Crippen MR) is 76.1 cm³/mol. The summed E-state index contributed by atoms with van der Waals surface area (Å²) in [4.78, 5) is 13.7. The van der Waals surface area contributed by atoms with E-state index in [1.54, 1.807) is 11.0 Å². The molecule has 1 amide bonds. The van der Waals surface area contributed by atoms with Gasteiger partial charge in [0.2, 0.25) is 0 Å². The van der Waals surface area contributed by atoms with Crippen molar-refractivity contribution in [3.8, 4) is 0 Å². The van der Waals surface area contributed by atoms with Crippen LogP contribution < -0.4 is 0 Å². The van der Waals surface area contributed by atoms with Gasteiger partial charge in [0, 0.05) is 19.0 Å². The largest absolute Gasteiger partial charge is 0.444 e. The van der Waals surface area contributed by atoms with Crippen molar-refractivity contribution in [2.75, 3.05) is 13.1 Å². The first-order valence-electron chi connectivity index (χ1n) is 7.10. The van der Waals surface area contributed by atoms with Gasteiger partial charge in [-0.15, -0.1) is 0 Å². The van der Waals surface area contributed by atoms with E-state index in [1.807, 2.05) is 27.7 Å². The maximum atomic E-state index is 13.4. The summed E-state index contributed by atoms with van der Waals surface area (Å²) in [5.74, 6) is -1.54. The highest BCUT2D eigenvalue weighted by Crippen LogP contribution is 2.33. The molecule has 0 spiro atoms. The fourth-order valence-corrected chi connectivity index (χ4v) is 2.62. The minimum atomic E-state index is -0.853. The standard InChI is InChI=1S/C16H21F2NO2/c1-10-8-19(15(20)21-16(2,3)4)9-12(10)11-5-6-13(17)14(18)7-11/h5-7,10,12H,8-9H2,1-4H3/t10-,12-/m1/s1. The summed E-state index contributed by atoms with van der Waals surface area (Å²) >= 11 is 0. The van der Waals surface area contributed by atoms with Crippen molar-refractivity contribution in [3.05, 3.63) is 35.4 Å². The lowest BCUT2D eigenvalue weighted by molar-refractivity contribution is 0.0287. The average molecular weight is 297 g/mol. The Kier molecular flexibility index (Phi) is 4.21. The number of likely N-dealkylation sites (tertiary alicyclic amines) is 1. The molecule has 2 atom stereocenters. The van der Waals surface area contributed by atoms with E-state index in [1.165, 1.54) is 6.07 Å². The number of carbonyl (C=O) groups excluding carboxylic acids is 1. The van der Waals surface area contributed by atoms with Crippen LogP contribution in [0.25, 0.3) is 0 Å². The van der Waals surface area contributed by atoms with E-state index in [0.717, 1.165) is 6.07 Å². The molecule has 0 saturated carbocycles. The number of amides is 1. The van der Waals surface area contributed by atoms with Crippen molar-refractivity contribution in [1.29, 1.82) is 0 Å². The molecular formula is C16H21F2NO2. The van der Waals surface area contributed by atoms with Crippen LogP contribution in [0.4, 0.5) is 13.6 Å². The summed E-state index contributed by atoms with van der Waals surface area (Å²) in [6.07, 6.45) is -0.362. The molecule has 2 rings (SSSR count). The second-order valence-corrected chi connectivity index (χ2v) is 6.64. The monoisotopic (exact) mass is 297 g/mol. The van der Waals surface area contributed by atoms with Gasteiger partial charge >= 0.3 is 6.09 Å². The first-order chi connectivity index (χ1) is 9.67. The third-order valence-electron chi connectivity index (χ3n) is 3.64. The number of benzene rings is 1. The topological polar surface area (TPSA) is 29.5 Å². The van der Waals surface area contributed by atoms with Gasteiger partial charge in [-0.1, -0.05) is 13.0 Å². The normalized spacial score (nSPS) is 22.5. The van der Waals surface area contributed by atoms with Crippen LogP contribution in [0.15, 0.2) is 18.2 Å². The zero-order chi connectivity index (χ0) is 15.8. The minimum absolute atomic E-state index is 0.00683. The highest BCUT2D eigenvalue weighted by atomic mass is 19.2. The summed E-state index contributed by atoms with van der Waals surface area (Å²) in [7, 11) is 0. The summed E-state index contributed by atoms with van der Waals surface area (Å²) in [6, 6.07) is 3.93. The SMILES string of the molecule is C[C@@H]1CN(C(=O)OC(C)(C)C)C[C@H]1c1ccc(F)c(F)c1. The van der Waals surface area contributed by atoms with E-state index in [-0.39, 0.29) is 17.9 Å².